The number of rotatable bonds is 2. The van der Waals surface area contributed by atoms with E-state index < -0.39 is 6.08 Å². The molecule has 0 atom stereocenters. The first-order valence-corrected chi connectivity index (χ1v) is 4.75. The summed E-state index contributed by atoms with van der Waals surface area (Å²) in [5.74, 6) is 0.446. The summed E-state index contributed by atoms with van der Waals surface area (Å²) in [6.07, 6.45) is 0.624. The topological polar surface area (TPSA) is 56.3 Å². The number of aromatic nitrogens is 2. The van der Waals surface area contributed by atoms with Gasteiger partial charge in [-0.2, -0.15) is 9.37 Å². The molecule has 1 aliphatic rings. The molecule has 5 nitrogen and oxygen atoms in total. The van der Waals surface area contributed by atoms with Gasteiger partial charge in [-0.15, -0.1) is 0 Å². The van der Waals surface area contributed by atoms with Crippen LogP contribution < -0.4 is 5.32 Å². The lowest BCUT2D eigenvalue weighted by Gasteiger charge is -2.15. The lowest BCUT2D eigenvalue weighted by atomic mass is 10.3. The Morgan fingerprint density at radius 3 is 2.73 bits per heavy atom. The number of hydrogen-bond donors (Lipinski definition) is 1. The van der Waals surface area contributed by atoms with Gasteiger partial charge in [0.25, 0.3) is 0 Å². The van der Waals surface area contributed by atoms with Crippen molar-refractivity contribution in [3.63, 3.8) is 0 Å². The minimum atomic E-state index is -0.740. The molecule has 1 fully saturated rings. The van der Waals surface area contributed by atoms with Crippen LogP contribution >= 0.6 is 0 Å². The molecule has 0 radical (unpaired) electrons. The Bertz CT molecular complexity index is 316. The normalized spacial score (nSPS) is 18.5. The van der Waals surface area contributed by atoms with Crippen LogP contribution in [0, 0.1) is 6.08 Å². The van der Waals surface area contributed by atoms with Crippen LogP contribution in [0.2, 0.25) is 0 Å². The molecule has 1 saturated heterocycles. The molecule has 0 spiro atoms. The zero-order valence-corrected chi connectivity index (χ0v) is 8.15. The molecule has 6 heteroatoms. The predicted octanol–water partition coefficient (Wildman–Crippen LogP) is 0.443. The number of nitrogens with zero attached hydrogens (tertiary/aromatic N) is 2. The molecule has 1 aromatic heterocycles. The van der Waals surface area contributed by atoms with Gasteiger partial charge in [0.2, 0.25) is 0 Å². The number of hydrogen-bond acceptors (Lipinski definition) is 5. The third kappa shape index (κ3) is 3.10. The number of ether oxygens (including phenoxy) is 2. The van der Waals surface area contributed by atoms with E-state index in [2.05, 4.69) is 15.3 Å². The Kier molecular flexibility index (Phi) is 3.41. The molecule has 1 N–H and O–H groups in total. The van der Waals surface area contributed by atoms with Crippen LogP contribution in [-0.2, 0) is 9.47 Å². The Labute approximate surface area is 86.6 Å². The van der Waals surface area contributed by atoms with Crippen molar-refractivity contribution in [2.24, 2.45) is 0 Å². The highest BCUT2D eigenvalue weighted by Crippen LogP contribution is 2.05. The van der Waals surface area contributed by atoms with Gasteiger partial charge in [-0.25, -0.2) is 4.98 Å². The second kappa shape index (κ2) is 4.99. The molecule has 1 aromatic rings. The first-order valence-electron chi connectivity index (χ1n) is 4.75. The maximum absolute atomic E-state index is 12.7. The van der Waals surface area contributed by atoms with Crippen molar-refractivity contribution in [1.82, 2.24) is 9.97 Å². The fourth-order valence-electron chi connectivity index (χ4n) is 1.32. The summed E-state index contributed by atoms with van der Waals surface area (Å²) < 4.78 is 23.2. The van der Waals surface area contributed by atoms with Crippen LogP contribution in [0.15, 0.2) is 12.3 Å². The molecular weight excluding hydrogens is 201 g/mol. The second-order valence-corrected chi connectivity index (χ2v) is 3.20. The number of halogens is 1. The van der Waals surface area contributed by atoms with Crippen LogP contribution in [0.3, 0.4) is 0 Å². The molecule has 0 aliphatic carbocycles. The van der Waals surface area contributed by atoms with E-state index in [1.165, 1.54) is 6.20 Å². The van der Waals surface area contributed by atoms with E-state index in [0.717, 1.165) is 0 Å². The summed E-state index contributed by atoms with van der Waals surface area (Å²) in [6.45, 7) is 2.25. The van der Waals surface area contributed by atoms with Gasteiger partial charge in [0.15, 0.2) is 0 Å². The van der Waals surface area contributed by atoms with Crippen molar-refractivity contribution in [2.45, 2.75) is 6.04 Å². The molecule has 15 heavy (non-hydrogen) atoms. The van der Waals surface area contributed by atoms with E-state index >= 15 is 0 Å². The van der Waals surface area contributed by atoms with Crippen LogP contribution in [0.4, 0.5) is 10.2 Å². The van der Waals surface area contributed by atoms with E-state index in [0.29, 0.717) is 32.2 Å². The largest absolute Gasteiger partial charge is 0.377 e. The standard InChI is InChI=1S/C9H12FN3O2/c10-9-11-2-1-8(13-9)12-7-5-14-3-4-15-6-7/h1-2,7H,3-6H2,(H,11,12,13). The van der Waals surface area contributed by atoms with Gasteiger partial charge in [0, 0.05) is 6.20 Å². The quantitative estimate of drug-likeness (QED) is 0.722. The third-order valence-corrected chi connectivity index (χ3v) is 1.99. The molecular formula is C9H12FN3O2. The third-order valence-electron chi connectivity index (χ3n) is 1.99. The summed E-state index contributed by atoms with van der Waals surface area (Å²) in [4.78, 5) is 6.97. The monoisotopic (exact) mass is 213 g/mol. The minimum Gasteiger partial charge on any atom is -0.377 e. The SMILES string of the molecule is Fc1nccc(NC2COCCOC2)n1. The van der Waals surface area contributed by atoms with Gasteiger partial charge in [-0.1, -0.05) is 0 Å². The molecule has 0 unspecified atom stereocenters. The van der Waals surface area contributed by atoms with Gasteiger partial charge in [0.1, 0.15) is 5.82 Å². The summed E-state index contributed by atoms with van der Waals surface area (Å²) in [7, 11) is 0. The van der Waals surface area contributed by atoms with Crippen LogP contribution in [0.25, 0.3) is 0 Å². The molecule has 82 valence electrons. The highest BCUT2D eigenvalue weighted by atomic mass is 19.1. The van der Waals surface area contributed by atoms with Crippen molar-refractivity contribution < 1.29 is 13.9 Å². The fraction of sp³-hybridized carbons (Fsp3) is 0.556. The van der Waals surface area contributed by atoms with Gasteiger partial charge < -0.3 is 14.8 Å². The predicted molar refractivity (Wildman–Crippen MR) is 51.0 cm³/mol. The Hall–Kier alpha value is -1.27. The van der Waals surface area contributed by atoms with E-state index in [9.17, 15) is 4.39 Å². The van der Waals surface area contributed by atoms with Crippen molar-refractivity contribution in [2.75, 3.05) is 31.7 Å². The van der Waals surface area contributed by atoms with Crippen molar-refractivity contribution in [3.05, 3.63) is 18.3 Å². The van der Waals surface area contributed by atoms with Gasteiger partial charge >= 0.3 is 6.08 Å². The van der Waals surface area contributed by atoms with E-state index in [-0.39, 0.29) is 6.04 Å². The van der Waals surface area contributed by atoms with Crippen LogP contribution in [0.1, 0.15) is 0 Å². The van der Waals surface area contributed by atoms with Crippen LogP contribution in [0.5, 0.6) is 0 Å². The molecule has 2 heterocycles. The molecule has 1 aliphatic heterocycles. The highest BCUT2D eigenvalue weighted by Gasteiger charge is 2.13. The summed E-state index contributed by atoms with van der Waals surface area (Å²) >= 11 is 0. The maximum Gasteiger partial charge on any atom is 0.310 e. The number of anilines is 1. The summed E-state index contributed by atoms with van der Waals surface area (Å²) in [5, 5.41) is 3.02. The van der Waals surface area contributed by atoms with Gasteiger partial charge in [-0.05, 0) is 6.07 Å². The Balaban J connectivity index is 1.95. The minimum absolute atomic E-state index is 0.00167. The molecule has 0 bridgehead atoms. The summed E-state index contributed by atoms with van der Waals surface area (Å²) in [5.41, 5.74) is 0. The average molecular weight is 213 g/mol. The van der Waals surface area contributed by atoms with Gasteiger partial charge in [-0.3, -0.25) is 0 Å². The van der Waals surface area contributed by atoms with Crippen molar-refractivity contribution >= 4 is 5.82 Å². The second-order valence-electron chi connectivity index (χ2n) is 3.20. The zero-order chi connectivity index (χ0) is 10.5. The fourth-order valence-corrected chi connectivity index (χ4v) is 1.32. The Morgan fingerprint density at radius 1 is 1.33 bits per heavy atom. The first-order chi connectivity index (χ1) is 7.34. The smallest absolute Gasteiger partial charge is 0.310 e. The van der Waals surface area contributed by atoms with Crippen molar-refractivity contribution in [1.29, 1.82) is 0 Å². The Morgan fingerprint density at radius 2 is 2.07 bits per heavy atom. The molecule has 2 rings (SSSR count). The van der Waals surface area contributed by atoms with Gasteiger partial charge in [0.05, 0.1) is 32.5 Å². The average Bonchev–Trinajstić information content (AvgIpc) is 2.46. The van der Waals surface area contributed by atoms with Crippen molar-refractivity contribution in [3.8, 4) is 0 Å². The first kappa shape index (κ1) is 10.3. The molecule has 0 saturated carbocycles. The maximum atomic E-state index is 12.7. The molecule has 0 amide bonds. The zero-order valence-electron chi connectivity index (χ0n) is 8.15. The lowest BCUT2D eigenvalue weighted by Crippen LogP contribution is -2.29. The van der Waals surface area contributed by atoms with E-state index in [4.69, 9.17) is 9.47 Å². The summed E-state index contributed by atoms with van der Waals surface area (Å²) in [6, 6.07) is 1.61. The number of nitrogens with one attached hydrogen (secondary N) is 1. The molecule has 0 aromatic carbocycles. The van der Waals surface area contributed by atoms with E-state index in [1.807, 2.05) is 0 Å². The highest BCUT2D eigenvalue weighted by molar-refractivity contribution is 5.33. The van der Waals surface area contributed by atoms with E-state index in [1.54, 1.807) is 6.07 Å². The lowest BCUT2D eigenvalue weighted by molar-refractivity contribution is 0.103. The van der Waals surface area contributed by atoms with Crippen LogP contribution in [-0.4, -0.2) is 42.4 Å².